The zero-order valence-electron chi connectivity index (χ0n) is 13.6. The monoisotopic (exact) mass is 288 g/mol. The molecule has 1 aliphatic rings. The van der Waals surface area contributed by atoms with Crippen molar-refractivity contribution in [2.45, 2.75) is 53.0 Å². The molecule has 116 valence electrons. The Hall–Kier alpha value is -1.51. The van der Waals surface area contributed by atoms with Gasteiger partial charge in [0, 0.05) is 24.7 Å². The number of carbonyl (C=O) groups is 1. The van der Waals surface area contributed by atoms with E-state index in [2.05, 4.69) is 20.8 Å². The van der Waals surface area contributed by atoms with Crippen molar-refractivity contribution in [2.24, 2.45) is 11.3 Å². The average molecular weight is 288 g/mol. The van der Waals surface area contributed by atoms with E-state index in [1.165, 1.54) is 6.42 Å². The summed E-state index contributed by atoms with van der Waals surface area (Å²) in [5.74, 6) is 0.508. The number of hydrogen-bond donors (Lipinski definition) is 1. The first kappa shape index (κ1) is 15.9. The summed E-state index contributed by atoms with van der Waals surface area (Å²) in [5.41, 5.74) is 7.80. The Morgan fingerprint density at radius 3 is 2.52 bits per heavy atom. The maximum Gasteiger partial charge on any atom is 0.226 e. The van der Waals surface area contributed by atoms with E-state index in [-0.39, 0.29) is 11.3 Å². The van der Waals surface area contributed by atoms with Crippen LogP contribution in [0.25, 0.3) is 0 Å². The highest BCUT2D eigenvalue weighted by molar-refractivity contribution is 5.80. The average Bonchev–Trinajstić information content (AvgIpc) is 2.79. The molecule has 3 nitrogen and oxygen atoms in total. The summed E-state index contributed by atoms with van der Waals surface area (Å²) in [4.78, 5) is 15.0. The number of nitrogen functional groups attached to an aromatic ring is 1. The molecule has 1 saturated carbocycles. The molecule has 1 atom stereocenters. The van der Waals surface area contributed by atoms with Crippen LogP contribution in [0.5, 0.6) is 0 Å². The lowest BCUT2D eigenvalue weighted by atomic mass is 9.81. The molecule has 0 radical (unpaired) electrons. The molecule has 1 aromatic rings. The summed E-state index contributed by atoms with van der Waals surface area (Å²) in [6.07, 6.45) is 4.36. The fraction of sp³-hybridized carbons (Fsp3) is 0.611. The van der Waals surface area contributed by atoms with Gasteiger partial charge in [0.15, 0.2) is 0 Å². The molecule has 2 rings (SSSR count). The van der Waals surface area contributed by atoms with E-state index in [0.29, 0.717) is 12.5 Å². The van der Waals surface area contributed by atoms with Crippen LogP contribution < -0.4 is 5.73 Å². The molecule has 1 fully saturated rings. The van der Waals surface area contributed by atoms with Crippen molar-refractivity contribution in [3.05, 3.63) is 29.8 Å². The molecule has 1 aromatic carbocycles. The van der Waals surface area contributed by atoms with Gasteiger partial charge in [0.2, 0.25) is 5.91 Å². The van der Waals surface area contributed by atoms with Gasteiger partial charge in [-0.2, -0.15) is 0 Å². The Bertz CT molecular complexity index is 478. The number of hydrogen-bond acceptors (Lipinski definition) is 2. The van der Waals surface area contributed by atoms with E-state index >= 15 is 0 Å². The van der Waals surface area contributed by atoms with E-state index < -0.39 is 0 Å². The molecule has 1 unspecified atom stereocenters. The van der Waals surface area contributed by atoms with Crippen LogP contribution >= 0.6 is 0 Å². The van der Waals surface area contributed by atoms with Gasteiger partial charge in [-0.25, -0.2) is 0 Å². The molecule has 0 spiro atoms. The van der Waals surface area contributed by atoms with Crippen LogP contribution in [0.3, 0.4) is 0 Å². The van der Waals surface area contributed by atoms with Crippen molar-refractivity contribution in [1.82, 2.24) is 4.90 Å². The number of rotatable bonds is 5. The Kier molecular flexibility index (Phi) is 4.92. The van der Waals surface area contributed by atoms with Crippen molar-refractivity contribution in [3.8, 4) is 0 Å². The van der Waals surface area contributed by atoms with E-state index in [4.69, 9.17) is 5.73 Å². The zero-order valence-corrected chi connectivity index (χ0v) is 13.6. The third-order valence-electron chi connectivity index (χ3n) is 4.71. The number of anilines is 1. The SMILES string of the molecule is CCCN(Cc1ccc(N)cc1)C(=O)C1CCCC1(C)C. The molecular weight excluding hydrogens is 260 g/mol. The quantitative estimate of drug-likeness (QED) is 0.837. The summed E-state index contributed by atoms with van der Waals surface area (Å²) in [6, 6.07) is 7.85. The number of nitrogens with zero attached hydrogens (tertiary/aromatic N) is 1. The number of amides is 1. The second-order valence-corrected chi connectivity index (χ2v) is 6.93. The Morgan fingerprint density at radius 1 is 1.33 bits per heavy atom. The maximum absolute atomic E-state index is 12.9. The summed E-state index contributed by atoms with van der Waals surface area (Å²) in [6.45, 7) is 8.12. The van der Waals surface area contributed by atoms with Crippen molar-refractivity contribution >= 4 is 11.6 Å². The lowest BCUT2D eigenvalue weighted by Crippen LogP contribution is -2.40. The second kappa shape index (κ2) is 6.50. The summed E-state index contributed by atoms with van der Waals surface area (Å²) < 4.78 is 0. The predicted molar refractivity (Wildman–Crippen MR) is 87.7 cm³/mol. The fourth-order valence-electron chi connectivity index (χ4n) is 3.39. The molecule has 21 heavy (non-hydrogen) atoms. The lowest BCUT2D eigenvalue weighted by molar-refractivity contribution is -0.139. The van der Waals surface area contributed by atoms with Crippen LogP contribution in [0, 0.1) is 11.3 Å². The van der Waals surface area contributed by atoms with E-state index in [9.17, 15) is 4.79 Å². The molecule has 0 heterocycles. The Morgan fingerprint density at radius 2 is 2.00 bits per heavy atom. The van der Waals surface area contributed by atoms with Crippen LogP contribution in [0.1, 0.15) is 52.0 Å². The van der Waals surface area contributed by atoms with Crippen molar-refractivity contribution in [1.29, 1.82) is 0 Å². The van der Waals surface area contributed by atoms with Gasteiger partial charge in [0.25, 0.3) is 0 Å². The van der Waals surface area contributed by atoms with Crippen molar-refractivity contribution in [2.75, 3.05) is 12.3 Å². The van der Waals surface area contributed by atoms with Crippen LogP contribution in [0.4, 0.5) is 5.69 Å². The number of benzene rings is 1. The topological polar surface area (TPSA) is 46.3 Å². The normalized spacial score (nSPS) is 20.4. The fourth-order valence-corrected chi connectivity index (χ4v) is 3.39. The van der Waals surface area contributed by atoms with Gasteiger partial charge in [-0.3, -0.25) is 4.79 Å². The summed E-state index contributed by atoms with van der Waals surface area (Å²) in [7, 11) is 0. The van der Waals surface area contributed by atoms with Gasteiger partial charge in [-0.1, -0.05) is 39.3 Å². The van der Waals surface area contributed by atoms with Crippen LogP contribution in [0.2, 0.25) is 0 Å². The molecule has 0 aromatic heterocycles. The van der Waals surface area contributed by atoms with Gasteiger partial charge in [0.1, 0.15) is 0 Å². The molecular formula is C18H28N2O. The Labute approximate surface area is 128 Å². The van der Waals surface area contributed by atoms with E-state index in [1.54, 1.807) is 0 Å². The first-order chi connectivity index (χ1) is 9.94. The summed E-state index contributed by atoms with van der Waals surface area (Å²) in [5, 5.41) is 0. The predicted octanol–water partition coefficient (Wildman–Crippen LogP) is 3.83. The minimum Gasteiger partial charge on any atom is -0.399 e. The maximum atomic E-state index is 12.9. The minimum absolute atomic E-state index is 0.143. The van der Waals surface area contributed by atoms with Crippen molar-refractivity contribution in [3.63, 3.8) is 0 Å². The highest BCUT2D eigenvalue weighted by Crippen LogP contribution is 2.43. The molecule has 3 heteroatoms. The number of carbonyl (C=O) groups excluding carboxylic acids is 1. The van der Waals surface area contributed by atoms with Gasteiger partial charge in [0.05, 0.1) is 0 Å². The highest BCUT2D eigenvalue weighted by atomic mass is 16.2. The third-order valence-corrected chi connectivity index (χ3v) is 4.71. The number of nitrogens with two attached hydrogens (primary N) is 1. The molecule has 0 saturated heterocycles. The lowest BCUT2D eigenvalue weighted by Gasteiger charge is -2.32. The molecule has 2 N–H and O–H groups in total. The first-order valence-corrected chi connectivity index (χ1v) is 8.07. The van der Waals surface area contributed by atoms with Crippen LogP contribution in [-0.2, 0) is 11.3 Å². The van der Waals surface area contributed by atoms with E-state index in [0.717, 1.165) is 37.1 Å². The second-order valence-electron chi connectivity index (χ2n) is 6.93. The van der Waals surface area contributed by atoms with Crippen LogP contribution in [-0.4, -0.2) is 17.4 Å². The van der Waals surface area contributed by atoms with Gasteiger partial charge in [-0.05, 0) is 42.4 Å². The molecule has 0 bridgehead atoms. The van der Waals surface area contributed by atoms with Gasteiger partial charge >= 0.3 is 0 Å². The van der Waals surface area contributed by atoms with E-state index in [1.807, 2.05) is 29.2 Å². The standard InChI is InChI=1S/C18H28N2O/c1-4-12-20(13-14-7-9-15(19)10-8-14)17(21)16-6-5-11-18(16,2)3/h7-10,16H,4-6,11-13,19H2,1-3H3. The highest BCUT2D eigenvalue weighted by Gasteiger charge is 2.40. The first-order valence-electron chi connectivity index (χ1n) is 8.07. The summed E-state index contributed by atoms with van der Waals surface area (Å²) >= 11 is 0. The van der Waals surface area contributed by atoms with Crippen molar-refractivity contribution < 1.29 is 4.79 Å². The Balaban J connectivity index is 2.11. The third kappa shape index (κ3) is 3.78. The van der Waals surface area contributed by atoms with Crippen LogP contribution in [0.15, 0.2) is 24.3 Å². The van der Waals surface area contributed by atoms with Gasteiger partial charge < -0.3 is 10.6 Å². The zero-order chi connectivity index (χ0) is 15.5. The largest absolute Gasteiger partial charge is 0.399 e. The van der Waals surface area contributed by atoms with Gasteiger partial charge in [-0.15, -0.1) is 0 Å². The molecule has 1 aliphatic carbocycles. The molecule has 0 aliphatic heterocycles. The minimum atomic E-state index is 0.143. The smallest absolute Gasteiger partial charge is 0.226 e. The molecule has 1 amide bonds.